The Labute approximate surface area is 194 Å². The number of benzene rings is 2. The van der Waals surface area contributed by atoms with Crippen molar-refractivity contribution < 1.29 is 9.59 Å². The maximum atomic E-state index is 13.0. The average molecular weight is 461 g/mol. The fourth-order valence-corrected chi connectivity index (χ4v) is 4.57. The molecular formula is C25H30Cl2N2O2. The molecule has 2 aromatic rings. The molecule has 1 heterocycles. The molecule has 1 atom stereocenters. The van der Waals surface area contributed by atoms with E-state index < -0.39 is 0 Å². The molecule has 1 saturated heterocycles. The molecule has 1 fully saturated rings. The summed E-state index contributed by atoms with van der Waals surface area (Å²) in [4.78, 5) is 27.6. The van der Waals surface area contributed by atoms with Gasteiger partial charge in [0.25, 0.3) is 5.91 Å². The molecule has 4 nitrogen and oxygen atoms in total. The summed E-state index contributed by atoms with van der Waals surface area (Å²) < 4.78 is 0. The minimum absolute atomic E-state index is 0.0215. The van der Waals surface area contributed by atoms with Crippen molar-refractivity contribution >= 4 is 35.0 Å². The van der Waals surface area contributed by atoms with Crippen molar-refractivity contribution in [2.75, 3.05) is 13.1 Å². The van der Waals surface area contributed by atoms with Gasteiger partial charge in [0, 0.05) is 24.5 Å². The van der Waals surface area contributed by atoms with Gasteiger partial charge in [0.15, 0.2) is 0 Å². The van der Waals surface area contributed by atoms with Crippen LogP contribution in [0, 0.1) is 11.3 Å². The Balaban J connectivity index is 1.74. The highest BCUT2D eigenvalue weighted by Crippen LogP contribution is 2.33. The molecule has 6 heteroatoms. The topological polar surface area (TPSA) is 49.4 Å². The van der Waals surface area contributed by atoms with Gasteiger partial charge in [-0.05, 0) is 47.9 Å². The van der Waals surface area contributed by atoms with E-state index in [4.69, 9.17) is 23.2 Å². The Kier molecular flexibility index (Phi) is 7.66. The van der Waals surface area contributed by atoms with Crippen molar-refractivity contribution in [2.24, 2.45) is 11.3 Å². The molecule has 0 saturated carbocycles. The number of carbonyl (C=O) groups is 2. The molecule has 166 valence electrons. The Morgan fingerprint density at radius 1 is 1.06 bits per heavy atom. The minimum Gasteiger partial charge on any atom is -0.345 e. The quantitative estimate of drug-likeness (QED) is 0.582. The van der Waals surface area contributed by atoms with Gasteiger partial charge in [-0.25, -0.2) is 0 Å². The van der Waals surface area contributed by atoms with Crippen molar-refractivity contribution in [2.45, 2.75) is 46.1 Å². The van der Waals surface area contributed by atoms with Crippen LogP contribution in [0.2, 0.25) is 10.0 Å². The molecule has 2 amide bonds. The Morgan fingerprint density at radius 3 is 2.29 bits per heavy atom. The van der Waals surface area contributed by atoms with Crippen LogP contribution in [-0.4, -0.2) is 29.8 Å². The SMILES string of the molecule is CC(C)(C)CC(=O)N1CCC(C(NC(=O)c2ccc(Cl)cc2Cl)c2ccccc2)CC1. The number of rotatable bonds is 5. The minimum atomic E-state index is -0.221. The molecule has 2 aromatic carbocycles. The summed E-state index contributed by atoms with van der Waals surface area (Å²) in [6, 6.07) is 14.7. The predicted molar refractivity (Wildman–Crippen MR) is 126 cm³/mol. The normalized spacial score (nSPS) is 16.1. The van der Waals surface area contributed by atoms with E-state index in [0.29, 0.717) is 35.1 Å². The highest BCUT2D eigenvalue weighted by atomic mass is 35.5. The summed E-state index contributed by atoms with van der Waals surface area (Å²) in [5.41, 5.74) is 1.44. The number of hydrogen-bond acceptors (Lipinski definition) is 2. The zero-order valence-electron chi connectivity index (χ0n) is 18.3. The molecule has 1 N–H and O–H groups in total. The zero-order valence-corrected chi connectivity index (χ0v) is 19.8. The smallest absolute Gasteiger partial charge is 0.253 e. The maximum Gasteiger partial charge on any atom is 0.253 e. The number of halogens is 2. The fourth-order valence-electron chi connectivity index (χ4n) is 4.07. The molecule has 1 unspecified atom stereocenters. The summed E-state index contributed by atoms with van der Waals surface area (Å²) >= 11 is 12.2. The van der Waals surface area contributed by atoms with Crippen LogP contribution in [0.5, 0.6) is 0 Å². The van der Waals surface area contributed by atoms with E-state index in [1.165, 1.54) is 0 Å². The number of nitrogens with one attached hydrogen (secondary N) is 1. The number of amides is 2. The van der Waals surface area contributed by atoms with Gasteiger partial charge in [-0.15, -0.1) is 0 Å². The maximum absolute atomic E-state index is 13.0. The lowest BCUT2D eigenvalue weighted by molar-refractivity contribution is -0.134. The summed E-state index contributed by atoms with van der Waals surface area (Å²) in [6.07, 6.45) is 2.22. The molecule has 0 radical (unpaired) electrons. The van der Waals surface area contributed by atoms with Gasteiger partial charge in [-0.1, -0.05) is 74.3 Å². The van der Waals surface area contributed by atoms with E-state index in [2.05, 4.69) is 26.1 Å². The average Bonchev–Trinajstić information content (AvgIpc) is 2.71. The zero-order chi connectivity index (χ0) is 22.6. The van der Waals surface area contributed by atoms with Crippen LogP contribution in [0.15, 0.2) is 48.5 Å². The summed E-state index contributed by atoms with van der Waals surface area (Å²) in [5, 5.41) is 4.02. The highest BCUT2D eigenvalue weighted by molar-refractivity contribution is 6.36. The molecule has 1 aliphatic heterocycles. The van der Waals surface area contributed by atoms with Gasteiger partial charge in [0.1, 0.15) is 0 Å². The van der Waals surface area contributed by atoms with Crippen LogP contribution in [-0.2, 0) is 4.79 Å². The predicted octanol–water partition coefficient (Wildman–Crippen LogP) is 6.14. The van der Waals surface area contributed by atoms with Crippen LogP contribution in [0.1, 0.15) is 62.0 Å². The lowest BCUT2D eigenvalue weighted by atomic mass is 9.84. The van der Waals surface area contributed by atoms with Gasteiger partial charge < -0.3 is 10.2 Å². The second kappa shape index (κ2) is 10.1. The van der Waals surface area contributed by atoms with E-state index in [9.17, 15) is 9.59 Å². The van der Waals surface area contributed by atoms with Crippen molar-refractivity contribution in [3.8, 4) is 0 Å². The van der Waals surface area contributed by atoms with E-state index in [-0.39, 0.29) is 29.2 Å². The van der Waals surface area contributed by atoms with E-state index in [1.807, 2.05) is 35.2 Å². The molecule has 0 aliphatic carbocycles. The number of carbonyl (C=O) groups excluding carboxylic acids is 2. The highest BCUT2D eigenvalue weighted by Gasteiger charge is 2.32. The monoisotopic (exact) mass is 460 g/mol. The van der Waals surface area contributed by atoms with Crippen molar-refractivity contribution in [3.63, 3.8) is 0 Å². The number of nitrogens with zero attached hydrogens (tertiary/aromatic N) is 1. The third-order valence-electron chi connectivity index (χ3n) is 5.67. The van der Waals surface area contributed by atoms with Gasteiger partial charge in [0.2, 0.25) is 5.91 Å². The first kappa shape index (κ1) is 23.6. The third kappa shape index (κ3) is 6.47. The molecule has 0 aromatic heterocycles. The standard InChI is InChI=1S/C25H30Cl2N2O2/c1-25(2,3)16-22(30)29-13-11-18(12-14-29)23(17-7-5-4-6-8-17)28-24(31)20-10-9-19(26)15-21(20)27/h4-10,15,18,23H,11-14,16H2,1-3H3,(H,28,31). The van der Waals surface area contributed by atoms with Crippen LogP contribution in [0.3, 0.4) is 0 Å². The molecule has 3 rings (SSSR count). The fraction of sp³-hybridized carbons (Fsp3) is 0.440. The largest absolute Gasteiger partial charge is 0.345 e. The number of hydrogen-bond donors (Lipinski definition) is 1. The van der Waals surface area contributed by atoms with Crippen LogP contribution < -0.4 is 5.32 Å². The van der Waals surface area contributed by atoms with Gasteiger partial charge in [-0.3, -0.25) is 9.59 Å². The number of piperidine rings is 1. The number of likely N-dealkylation sites (tertiary alicyclic amines) is 1. The lowest BCUT2D eigenvalue weighted by Crippen LogP contribution is -2.43. The Morgan fingerprint density at radius 2 is 1.71 bits per heavy atom. The Hall–Kier alpha value is -2.04. The van der Waals surface area contributed by atoms with E-state index in [1.54, 1.807) is 18.2 Å². The van der Waals surface area contributed by atoms with E-state index in [0.717, 1.165) is 18.4 Å². The molecule has 31 heavy (non-hydrogen) atoms. The summed E-state index contributed by atoms with van der Waals surface area (Å²) in [6.45, 7) is 7.67. The first-order valence-corrected chi connectivity index (χ1v) is 11.5. The third-order valence-corrected chi connectivity index (χ3v) is 6.21. The van der Waals surface area contributed by atoms with Crippen molar-refractivity contribution in [3.05, 3.63) is 69.7 Å². The van der Waals surface area contributed by atoms with Crippen molar-refractivity contribution in [1.29, 1.82) is 0 Å². The molecule has 1 aliphatic rings. The summed E-state index contributed by atoms with van der Waals surface area (Å²) in [5.74, 6) is 0.220. The van der Waals surface area contributed by atoms with E-state index >= 15 is 0 Å². The summed E-state index contributed by atoms with van der Waals surface area (Å²) in [7, 11) is 0. The lowest BCUT2D eigenvalue weighted by Gasteiger charge is -2.37. The molecule has 0 spiro atoms. The van der Waals surface area contributed by atoms with Crippen LogP contribution >= 0.6 is 23.2 Å². The van der Waals surface area contributed by atoms with Crippen LogP contribution in [0.25, 0.3) is 0 Å². The second-order valence-electron chi connectivity index (χ2n) is 9.44. The Bertz CT molecular complexity index is 917. The van der Waals surface area contributed by atoms with Crippen LogP contribution in [0.4, 0.5) is 0 Å². The van der Waals surface area contributed by atoms with Crippen molar-refractivity contribution in [1.82, 2.24) is 10.2 Å². The van der Waals surface area contributed by atoms with Gasteiger partial charge in [-0.2, -0.15) is 0 Å². The first-order chi connectivity index (χ1) is 14.6. The molecule has 0 bridgehead atoms. The van der Waals surface area contributed by atoms with Gasteiger partial charge in [0.05, 0.1) is 16.6 Å². The first-order valence-electron chi connectivity index (χ1n) is 10.7. The second-order valence-corrected chi connectivity index (χ2v) is 10.3. The van der Waals surface area contributed by atoms with Gasteiger partial charge >= 0.3 is 0 Å². The molecular weight excluding hydrogens is 431 g/mol.